The molecule has 0 atom stereocenters. The van der Waals surface area contributed by atoms with Gasteiger partial charge < -0.3 is 0 Å². The summed E-state index contributed by atoms with van der Waals surface area (Å²) >= 11 is 10.8. The molecule has 0 aliphatic rings. The van der Waals surface area contributed by atoms with E-state index in [-0.39, 0.29) is 11.7 Å². The lowest BCUT2D eigenvalue weighted by atomic mass is 10.2. The number of hydrogen-bond acceptors (Lipinski definition) is 5. The van der Waals surface area contributed by atoms with Crippen LogP contribution in [0.1, 0.15) is 5.56 Å². The van der Waals surface area contributed by atoms with E-state index in [1.54, 1.807) is 6.21 Å². The van der Waals surface area contributed by atoms with Crippen LogP contribution in [0.4, 0.5) is 0 Å². The van der Waals surface area contributed by atoms with Gasteiger partial charge in [-0.15, -0.1) is 10.2 Å². The molecule has 1 aromatic heterocycles. The average molecular weight is 527 g/mol. The van der Waals surface area contributed by atoms with Crippen molar-refractivity contribution >= 4 is 51.4 Å². The van der Waals surface area contributed by atoms with Gasteiger partial charge in [0.25, 0.3) is 5.91 Å². The molecule has 9 heteroatoms. The zero-order valence-corrected chi connectivity index (χ0v) is 19.8. The van der Waals surface area contributed by atoms with E-state index >= 15 is 0 Å². The quantitative estimate of drug-likeness (QED) is 0.193. The van der Waals surface area contributed by atoms with E-state index in [1.807, 2.05) is 83.4 Å². The Morgan fingerprint density at radius 2 is 1.75 bits per heavy atom. The highest BCUT2D eigenvalue weighted by Crippen LogP contribution is 2.28. The molecule has 0 fully saturated rings. The van der Waals surface area contributed by atoms with Crippen molar-refractivity contribution < 1.29 is 4.79 Å². The monoisotopic (exact) mass is 525 g/mol. The van der Waals surface area contributed by atoms with Gasteiger partial charge in [-0.05, 0) is 30.3 Å². The molecule has 0 saturated heterocycles. The molecule has 3 aromatic carbocycles. The van der Waals surface area contributed by atoms with E-state index in [0.29, 0.717) is 16.0 Å². The Morgan fingerprint density at radius 3 is 2.50 bits per heavy atom. The second kappa shape index (κ2) is 10.6. The molecule has 1 amide bonds. The number of nitrogens with one attached hydrogen (secondary N) is 1. The molecule has 0 spiro atoms. The molecule has 160 valence electrons. The van der Waals surface area contributed by atoms with Gasteiger partial charge >= 0.3 is 0 Å². The predicted octanol–water partition coefficient (Wildman–Crippen LogP) is 5.59. The number of thioether (sulfide) groups is 1. The normalized spacial score (nSPS) is 11.1. The van der Waals surface area contributed by atoms with Crippen molar-refractivity contribution in [2.24, 2.45) is 5.10 Å². The number of carbonyl (C=O) groups is 1. The van der Waals surface area contributed by atoms with Crippen molar-refractivity contribution in [2.75, 3.05) is 5.75 Å². The van der Waals surface area contributed by atoms with E-state index in [9.17, 15) is 4.79 Å². The molecule has 6 nitrogen and oxygen atoms in total. The van der Waals surface area contributed by atoms with Crippen LogP contribution >= 0.6 is 39.3 Å². The minimum Gasteiger partial charge on any atom is -0.272 e. The third-order valence-electron chi connectivity index (χ3n) is 4.38. The second-order valence-electron chi connectivity index (χ2n) is 6.59. The van der Waals surface area contributed by atoms with Crippen LogP contribution in [0.2, 0.25) is 5.02 Å². The maximum Gasteiger partial charge on any atom is 0.250 e. The lowest BCUT2D eigenvalue weighted by molar-refractivity contribution is -0.118. The van der Waals surface area contributed by atoms with Gasteiger partial charge in [-0.2, -0.15) is 5.10 Å². The summed E-state index contributed by atoms with van der Waals surface area (Å²) in [6, 6.07) is 24.8. The molecule has 0 aliphatic heterocycles. The average Bonchev–Trinajstić information content (AvgIpc) is 3.24. The molecule has 0 unspecified atom stereocenters. The first-order chi connectivity index (χ1) is 15.6. The van der Waals surface area contributed by atoms with Crippen molar-refractivity contribution in [3.63, 3.8) is 0 Å². The topological polar surface area (TPSA) is 72.2 Å². The van der Waals surface area contributed by atoms with Gasteiger partial charge in [0.1, 0.15) is 0 Å². The van der Waals surface area contributed by atoms with Crippen molar-refractivity contribution in [2.45, 2.75) is 5.16 Å². The number of carbonyl (C=O) groups excluding carboxylic acids is 1. The summed E-state index contributed by atoms with van der Waals surface area (Å²) in [5, 5.41) is 14.0. The molecular weight excluding hydrogens is 510 g/mol. The summed E-state index contributed by atoms with van der Waals surface area (Å²) in [5.41, 5.74) is 5.19. The standard InChI is InChI=1S/C23H17BrClN5OS/c24-20-9-5-4-8-17(20)14-26-27-21(31)15-32-23-29-28-22(16-6-2-1-3-7-16)30(23)19-12-10-18(25)11-13-19/h1-14H,15H2,(H,27,31)/b26-14+. The third kappa shape index (κ3) is 5.45. The molecule has 1 N–H and O–H groups in total. The Kier molecular flexibility index (Phi) is 7.36. The van der Waals surface area contributed by atoms with Crippen LogP contribution in [0.25, 0.3) is 17.1 Å². The van der Waals surface area contributed by atoms with Crippen molar-refractivity contribution in [3.8, 4) is 17.1 Å². The highest BCUT2D eigenvalue weighted by molar-refractivity contribution is 9.10. The zero-order chi connectivity index (χ0) is 22.3. The van der Waals surface area contributed by atoms with Gasteiger partial charge in [-0.25, -0.2) is 5.43 Å². The largest absolute Gasteiger partial charge is 0.272 e. The fourth-order valence-corrected chi connectivity index (χ4v) is 4.13. The van der Waals surface area contributed by atoms with Gasteiger partial charge in [-0.3, -0.25) is 9.36 Å². The third-order valence-corrected chi connectivity index (χ3v) is 6.28. The zero-order valence-electron chi connectivity index (χ0n) is 16.7. The molecule has 4 rings (SSSR count). The summed E-state index contributed by atoms with van der Waals surface area (Å²) in [6.45, 7) is 0. The number of amides is 1. The van der Waals surface area contributed by atoms with E-state index in [4.69, 9.17) is 11.6 Å². The maximum absolute atomic E-state index is 12.3. The van der Waals surface area contributed by atoms with E-state index in [1.165, 1.54) is 11.8 Å². The van der Waals surface area contributed by atoms with Gasteiger partial charge in [0.2, 0.25) is 0 Å². The molecular formula is C23H17BrClN5OS. The Balaban J connectivity index is 1.51. The summed E-state index contributed by atoms with van der Waals surface area (Å²) in [6.07, 6.45) is 1.59. The summed E-state index contributed by atoms with van der Waals surface area (Å²) in [5.74, 6) is 0.571. The number of rotatable bonds is 7. The van der Waals surface area contributed by atoms with Gasteiger partial charge in [0.05, 0.1) is 12.0 Å². The number of hydrogen-bond donors (Lipinski definition) is 1. The van der Waals surface area contributed by atoms with Crippen LogP contribution in [-0.4, -0.2) is 32.6 Å². The Bertz CT molecular complexity index is 1240. The molecule has 1 heterocycles. The maximum atomic E-state index is 12.3. The Morgan fingerprint density at radius 1 is 1.03 bits per heavy atom. The van der Waals surface area contributed by atoms with Gasteiger partial charge in [0.15, 0.2) is 11.0 Å². The molecule has 0 bridgehead atoms. The van der Waals surface area contributed by atoms with Crippen molar-refractivity contribution in [3.05, 3.63) is 93.9 Å². The number of aromatic nitrogens is 3. The van der Waals surface area contributed by atoms with Crippen LogP contribution in [0.5, 0.6) is 0 Å². The number of halogens is 2. The van der Waals surface area contributed by atoms with Crippen LogP contribution < -0.4 is 5.43 Å². The smallest absolute Gasteiger partial charge is 0.250 e. The molecule has 0 aliphatic carbocycles. The van der Waals surface area contributed by atoms with Crippen molar-refractivity contribution in [1.29, 1.82) is 0 Å². The summed E-state index contributed by atoms with van der Waals surface area (Å²) < 4.78 is 2.81. The Hall–Kier alpha value is -2.94. The fourth-order valence-electron chi connectivity index (χ4n) is 2.88. The number of hydrazone groups is 1. The van der Waals surface area contributed by atoms with E-state index in [2.05, 4.69) is 36.7 Å². The molecule has 32 heavy (non-hydrogen) atoms. The first kappa shape index (κ1) is 22.3. The van der Waals surface area contributed by atoms with Gasteiger partial charge in [-0.1, -0.05) is 87.8 Å². The van der Waals surface area contributed by atoms with Gasteiger partial charge in [0, 0.05) is 26.3 Å². The lowest BCUT2D eigenvalue weighted by Gasteiger charge is -2.10. The molecule has 0 saturated carbocycles. The Labute approximate surface area is 202 Å². The second-order valence-corrected chi connectivity index (χ2v) is 8.82. The van der Waals surface area contributed by atoms with Crippen LogP contribution in [0.3, 0.4) is 0 Å². The van der Waals surface area contributed by atoms with E-state index in [0.717, 1.165) is 21.3 Å². The minimum absolute atomic E-state index is 0.133. The van der Waals surface area contributed by atoms with Crippen LogP contribution in [0, 0.1) is 0 Å². The summed E-state index contributed by atoms with van der Waals surface area (Å²) in [7, 11) is 0. The van der Waals surface area contributed by atoms with Crippen LogP contribution in [-0.2, 0) is 4.79 Å². The van der Waals surface area contributed by atoms with E-state index < -0.39 is 0 Å². The fraction of sp³-hybridized carbons (Fsp3) is 0.0435. The molecule has 0 radical (unpaired) electrons. The number of nitrogens with zero attached hydrogens (tertiary/aromatic N) is 4. The van der Waals surface area contributed by atoms with Crippen LogP contribution in [0.15, 0.2) is 93.6 Å². The summed E-state index contributed by atoms with van der Waals surface area (Å²) in [4.78, 5) is 12.3. The highest BCUT2D eigenvalue weighted by atomic mass is 79.9. The minimum atomic E-state index is -0.245. The highest BCUT2D eigenvalue weighted by Gasteiger charge is 2.17. The first-order valence-electron chi connectivity index (χ1n) is 9.58. The molecule has 4 aromatic rings. The number of benzene rings is 3. The predicted molar refractivity (Wildman–Crippen MR) is 132 cm³/mol. The SMILES string of the molecule is O=C(CSc1nnc(-c2ccccc2)n1-c1ccc(Cl)cc1)N/N=C/c1ccccc1Br. The van der Waals surface area contributed by atoms with Crippen molar-refractivity contribution in [1.82, 2.24) is 20.2 Å². The first-order valence-corrected chi connectivity index (χ1v) is 11.7. The lowest BCUT2D eigenvalue weighted by Crippen LogP contribution is -2.20.